The molecule has 0 aliphatic carbocycles. The van der Waals surface area contributed by atoms with Gasteiger partial charge in [-0.1, -0.05) is 6.07 Å². The molecular weight excluding hydrogens is 274 g/mol. The zero-order valence-electron chi connectivity index (χ0n) is 11.0. The second-order valence-corrected chi connectivity index (χ2v) is 5.11. The molecule has 0 saturated heterocycles. The van der Waals surface area contributed by atoms with E-state index in [1.54, 1.807) is 49.6 Å². The van der Waals surface area contributed by atoms with Gasteiger partial charge in [0, 0.05) is 10.6 Å². The van der Waals surface area contributed by atoms with Crippen molar-refractivity contribution in [2.24, 2.45) is 0 Å². The van der Waals surface area contributed by atoms with Gasteiger partial charge in [0.1, 0.15) is 11.5 Å². The molecule has 0 heterocycles. The van der Waals surface area contributed by atoms with Crippen molar-refractivity contribution in [2.45, 2.75) is 4.90 Å². The largest absolute Gasteiger partial charge is 0.508 e. The Bertz CT molecular complexity index is 584. The Labute approximate surface area is 121 Å². The fourth-order valence-corrected chi connectivity index (χ4v) is 2.34. The van der Waals surface area contributed by atoms with Gasteiger partial charge in [0.05, 0.1) is 12.9 Å². The van der Waals surface area contributed by atoms with Crippen molar-refractivity contribution < 1.29 is 14.6 Å². The van der Waals surface area contributed by atoms with E-state index in [0.29, 0.717) is 0 Å². The van der Waals surface area contributed by atoms with Crippen LogP contribution >= 0.6 is 11.8 Å². The fraction of sp³-hybridized carbons (Fsp3) is 0.133. The van der Waals surface area contributed by atoms with E-state index in [1.165, 1.54) is 11.8 Å². The minimum absolute atomic E-state index is 0.0940. The molecule has 0 atom stereocenters. The third-order valence-corrected chi connectivity index (χ3v) is 3.56. The van der Waals surface area contributed by atoms with E-state index >= 15 is 0 Å². The molecule has 0 aromatic heterocycles. The van der Waals surface area contributed by atoms with Crippen LogP contribution in [0.15, 0.2) is 53.4 Å². The Kier molecular flexibility index (Phi) is 4.90. The Morgan fingerprint density at radius 2 is 2.00 bits per heavy atom. The summed E-state index contributed by atoms with van der Waals surface area (Å²) in [5.41, 5.74) is 0.729. The summed E-state index contributed by atoms with van der Waals surface area (Å²) >= 11 is 1.37. The van der Waals surface area contributed by atoms with Gasteiger partial charge >= 0.3 is 0 Å². The van der Waals surface area contributed by atoms with Crippen LogP contribution in [0.3, 0.4) is 0 Å². The van der Waals surface area contributed by atoms with Crippen molar-refractivity contribution in [3.05, 3.63) is 48.5 Å². The van der Waals surface area contributed by atoms with Gasteiger partial charge in [0.2, 0.25) is 5.91 Å². The van der Waals surface area contributed by atoms with Gasteiger partial charge in [0.25, 0.3) is 0 Å². The van der Waals surface area contributed by atoms with Gasteiger partial charge in [-0.15, -0.1) is 11.8 Å². The lowest BCUT2D eigenvalue weighted by Gasteiger charge is -2.06. The number of hydrogen-bond acceptors (Lipinski definition) is 4. The average Bonchev–Trinajstić information content (AvgIpc) is 2.46. The highest BCUT2D eigenvalue weighted by molar-refractivity contribution is 8.00. The summed E-state index contributed by atoms with van der Waals surface area (Å²) in [7, 11) is 1.60. The van der Waals surface area contributed by atoms with E-state index in [1.807, 2.05) is 6.07 Å². The molecule has 2 rings (SSSR count). The van der Waals surface area contributed by atoms with Crippen LogP contribution in [0.1, 0.15) is 0 Å². The number of aromatic hydroxyl groups is 1. The second kappa shape index (κ2) is 6.86. The van der Waals surface area contributed by atoms with E-state index in [-0.39, 0.29) is 17.4 Å². The first-order chi connectivity index (χ1) is 9.67. The molecule has 20 heavy (non-hydrogen) atoms. The SMILES string of the molecule is COc1ccc(NC(=O)CSc2cccc(O)c2)cc1. The maximum absolute atomic E-state index is 11.8. The number of thioether (sulfide) groups is 1. The predicted molar refractivity (Wildman–Crippen MR) is 80.5 cm³/mol. The zero-order chi connectivity index (χ0) is 14.4. The normalized spacial score (nSPS) is 10.1. The molecule has 5 heteroatoms. The van der Waals surface area contributed by atoms with Crippen molar-refractivity contribution in [3.63, 3.8) is 0 Å². The lowest BCUT2D eigenvalue weighted by atomic mass is 10.3. The molecule has 0 radical (unpaired) electrons. The lowest BCUT2D eigenvalue weighted by Crippen LogP contribution is -2.13. The molecule has 0 spiro atoms. The van der Waals surface area contributed by atoms with E-state index in [4.69, 9.17) is 4.74 Å². The number of benzene rings is 2. The topological polar surface area (TPSA) is 58.6 Å². The van der Waals surface area contributed by atoms with Crippen LogP contribution in [0, 0.1) is 0 Å². The Morgan fingerprint density at radius 3 is 2.65 bits per heavy atom. The molecule has 2 N–H and O–H groups in total. The van der Waals surface area contributed by atoms with Gasteiger partial charge in [0.15, 0.2) is 0 Å². The standard InChI is InChI=1S/C15H15NO3S/c1-19-13-7-5-11(6-8-13)16-15(18)10-20-14-4-2-3-12(17)9-14/h2-9,17H,10H2,1H3,(H,16,18). The molecule has 0 unspecified atom stereocenters. The summed E-state index contributed by atoms with van der Waals surface area (Å²) in [6, 6.07) is 14.0. The number of carbonyl (C=O) groups excluding carboxylic acids is 1. The molecule has 0 bridgehead atoms. The minimum atomic E-state index is -0.0940. The first kappa shape index (κ1) is 14.3. The molecule has 1 amide bonds. The molecule has 0 saturated carbocycles. The molecule has 0 aliphatic heterocycles. The monoisotopic (exact) mass is 289 g/mol. The quantitative estimate of drug-likeness (QED) is 0.830. The molecule has 2 aromatic carbocycles. The Morgan fingerprint density at radius 1 is 1.25 bits per heavy atom. The average molecular weight is 289 g/mol. The molecular formula is C15H15NO3S. The van der Waals surface area contributed by atoms with Gasteiger partial charge in [-0.25, -0.2) is 0 Å². The first-order valence-electron chi connectivity index (χ1n) is 6.03. The van der Waals surface area contributed by atoms with E-state index < -0.39 is 0 Å². The van der Waals surface area contributed by atoms with Crippen LogP contribution in [0.25, 0.3) is 0 Å². The maximum Gasteiger partial charge on any atom is 0.234 e. The van der Waals surface area contributed by atoms with Gasteiger partial charge in [-0.3, -0.25) is 4.79 Å². The summed E-state index contributed by atoms with van der Waals surface area (Å²) in [5.74, 6) is 1.14. The number of ether oxygens (including phenoxy) is 1. The second-order valence-electron chi connectivity index (χ2n) is 4.06. The summed E-state index contributed by atoms with van der Waals surface area (Å²) in [6.45, 7) is 0. The zero-order valence-corrected chi connectivity index (χ0v) is 11.8. The van der Waals surface area contributed by atoms with Crippen molar-refractivity contribution in [1.29, 1.82) is 0 Å². The smallest absolute Gasteiger partial charge is 0.234 e. The van der Waals surface area contributed by atoms with Gasteiger partial charge < -0.3 is 15.2 Å². The molecule has 4 nitrogen and oxygen atoms in total. The van der Waals surface area contributed by atoms with Crippen LogP contribution < -0.4 is 10.1 Å². The lowest BCUT2D eigenvalue weighted by molar-refractivity contribution is -0.113. The molecule has 2 aromatic rings. The number of methoxy groups -OCH3 is 1. The van der Waals surface area contributed by atoms with Crippen LogP contribution in [0.4, 0.5) is 5.69 Å². The molecule has 0 aliphatic rings. The highest BCUT2D eigenvalue weighted by Gasteiger charge is 2.04. The first-order valence-corrected chi connectivity index (χ1v) is 7.01. The van der Waals surface area contributed by atoms with E-state index in [0.717, 1.165) is 16.3 Å². The van der Waals surface area contributed by atoms with E-state index in [9.17, 15) is 9.90 Å². The number of nitrogens with one attached hydrogen (secondary N) is 1. The van der Waals surface area contributed by atoms with Crippen molar-refractivity contribution in [3.8, 4) is 11.5 Å². The highest BCUT2D eigenvalue weighted by Crippen LogP contribution is 2.22. The Balaban J connectivity index is 1.85. The summed E-state index contributed by atoms with van der Waals surface area (Å²) < 4.78 is 5.05. The third-order valence-electron chi connectivity index (χ3n) is 2.56. The van der Waals surface area contributed by atoms with Crippen LogP contribution in [0.2, 0.25) is 0 Å². The number of carbonyl (C=O) groups is 1. The number of phenols is 1. The highest BCUT2D eigenvalue weighted by atomic mass is 32.2. The number of phenolic OH excluding ortho intramolecular Hbond substituents is 1. The maximum atomic E-state index is 11.8. The van der Waals surface area contributed by atoms with Crippen LogP contribution in [0.5, 0.6) is 11.5 Å². The van der Waals surface area contributed by atoms with Crippen molar-refractivity contribution in [1.82, 2.24) is 0 Å². The number of amides is 1. The van der Waals surface area contributed by atoms with E-state index in [2.05, 4.69) is 5.32 Å². The van der Waals surface area contributed by atoms with Crippen LogP contribution in [-0.2, 0) is 4.79 Å². The van der Waals surface area contributed by atoms with Crippen LogP contribution in [-0.4, -0.2) is 23.9 Å². The van der Waals surface area contributed by atoms with Crippen molar-refractivity contribution >= 4 is 23.4 Å². The fourth-order valence-electron chi connectivity index (χ4n) is 1.59. The third kappa shape index (κ3) is 4.20. The minimum Gasteiger partial charge on any atom is -0.508 e. The number of hydrogen-bond donors (Lipinski definition) is 2. The summed E-state index contributed by atoms with van der Waals surface area (Å²) in [4.78, 5) is 12.7. The van der Waals surface area contributed by atoms with Gasteiger partial charge in [-0.05, 0) is 42.5 Å². The predicted octanol–water partition coefficient (Wildman–Crippen LogP) is 3.13. The molecule has 104 valence electrons. The number of anilines is 1. The summed E-state index contributed by atoms with van der Waals surface area (Å²) in [6.07, 6.45) is 0. The van der Waals surface area contributed by atoms with Gasteiger partial charge in [-0.2, -0.15) is 0 Å². The Hall–Kier alpha value is -2.14. The summed E-state index contributed by atoms with van der Waals surface area (Å²) in [5, 5.41) is 12.1. The number of rotatable bonds is 5. The molecule has 0 fully saturated rings. The van der Waals surface area contributed by atoms with Crippen molar-refractivity contribution in [2.75, 3.05) is 18.2 Å².